The van der Waals surface area contributed by atoms with Crippen molar-refractivity contribution in [2.45, 2.75) is 38.5 Å². The highest BCUT2D eigenvalue weighted by Gasteiger charge is 2.20. The molecule has 1 aromatic carbocycles. The number of aryl methyl sites for hydroxylation is 1. The number of hydrogen-bond donors (Lipinski definition) is 1. The first-order chi connectivity index (χ1) is 9.66. The molecule has 20 heavy (non-hydrogen) atoms. The van der Waals surface area contributed by atoms with Gasteiger partial charge in [-0.2, -0.15) is 0 Å². The number of fused-ring (bicyclic) bond motifs is 2. The average Bonchev–Trinajstić information content (AvgIpc) is 2.38. The van der Waals surface area contributed by atoms with Crippen LogP contribution in [0.25, 0.3) is 10.9 Å². The lowest BCUT2D eigenvalue weighted by Gasteiger charge is -2.17. The van der Waals surface area contributed by atoms with Crippen LogP contribution in [0.4, 0.5) is 0 Å². The standard InChI is InChI=1S/C16H16ClNO2/c17-10-7-8-12-14(9-10)18-13-6-4-2-1-3-5-11(13)15(12)16(19)20/h7-9H,1-6H2,(H,19,20). The summed E-state index contributed by atoms with van der Waals surface area (Å²) in [5.41, 5.74) is 2.97. The van der Waals surface area contributed by atoms with Crippen molar-refractivity contribution in [2.75, 3.05) is 0 Å². The highest BCUT2D eigenvalue weighted by Crippen LogP contribution is 2.29. The fraction of sp³-hybridized carbons (Fsp3) is 0.375. The molecule has 1 aliphatic rings. The lowest BCUT2D eigenvalue weighted by molar-refractivity contribution is 0.0697. The van der Waals surface area contributed by atoms with Crippen LogP contribution >= 0.6 is 11.6 Å². The number of hydrogen-bond acceptors (Lipinski definition) is 2. The van der Waals surface area contributed by atoms with Gasteiger partial charge in [-0.25, -0.2) is 4.79 Å². The van der Waals surface area contributed by atoms with Crippen LogP contribution < -0.4 is 0 Å². The van der Waals surface area contributed by atoms with E-state index in [1.807, 2.05) is 0 Å². The average molecular weight is 290 g/mol. The van der Waals surface area contributed by atoms with Crippen LogP contribution in [0.15, 0.2) is 18.2 Å². The van der Waals surface area contributed by atoms with Crippen molar-refractivity contribution in [3.63, 3.8) is 0 Å². The Kier molecular flexibility index (Phi) is 3.62. The van der Waals surface area contributed by atoms with E-state index < -0.39 is 5.97 Å². The Morgan fingerprint density at radius 1 is 1.15 bits per heavy atom. The van der Waals surface area contributed by atoms with Gasteiger partial charge in [0, 0.05) is 16.1 Å². The molecule has 3 rings (SSSR count). The molecule has 1 aromatic heterocycles. The Labute approximate surface area is 122 Å². The van der Waals surface area contributed by atoms with Crippen molar-refractivity contribution in [1.29, 1.82) is 0 Å². The number of carboxylic acid groups (broad SMARTS) is 1. The molecular weight excluding hydrogens is 274 g/mol. The molecule has 0 bridgehead atoms. The number of carbonyl (C=O) groups is 1. The molecule has 4 heteroatoms. The van der Waals surface area contributed by atoms with Crippen molar-refractivity contribution in [3.05, 3.63) is 40.0 Å². The smallest absolute Gasteiger partial charge is 0.336 e. The summed E-state index contributed by atoms with van der Waals surface area (Å²) in [4.78, 5) is 16.4. The van der Waals surface area contributed by atoms with Crippen LogP contribution in [0.1, 0.15) is 47.3 Å². The van der Waals surface area contributed by atoms with Gasteiger partial charge >= 0.3 is 5.97 Å². The molecule has 0 spiro atoms. The molecule has 0 radical (unpaired) electrons. The minimum Gasteiger partial charge on any atom is -0.478 e. The van der Waals surface area contributed by atoms with Gasteiger partial charge in [0.25, 0.3) is 0 Å². The third-order valence-corrected chi connectivity index (χ3v) is 4.17. The van der Waals surface area contributed by atoms with E-state index in [2.05, 4.69) is 4.98 Å². The van der Waals surface area contributed by atoms with Crippen LogP contribution in [0.5, 0.6) is 0 Å². The molecule has 0 saturated carbocycles. The maximum atomic E-state index is 11.7. The van der Waals surface area contributed by atoms with Crippen molar-refractivity contribution in [3.8, 4) is 0 Å². The number of halogens is 1. The minimum absolute atomic E-state index is 0.420. The number of pyridine rings is 1. The summed E-state index contributed by atoms with van der Waals surface area (Å²) in [7, 11) is 0. The molecular formula is C16H16ClNO2. The second-order valence-corrected chi connectivity index (χ2v) is 5.73. The summed E-state index contributed by atoms with van der Waals surface area (Å²) in [6.45, 7) is 0. The zero-order valence-electron chi connectivity index (χ0n) is 11.2. The summed E-state index contributed by atoms with van der Waals surface area (Å²) >= 11 is 6.00. The molecule has 3 nitrogen and oxygen atoms in total. The van der Waals surface area contributed by atoms with Crippen molar-refractivity contribution in [1.82, 2.24) is 4.98 Å². The highest BCUT2D eigenvalue weighted by atomic mass is 35.5. The number of aromatic carboxylic acids is 1. The highest BCUT2D eigenvalue weighted by molar-refractivity contribution is 6.31. The fourth-order valence-corrected chi connectivity index (χ4v) is 3.16. The second kappa shape index (κ2) is 5.41. The third kappa shape index (κ3) is 2.38. The molecule has 0 unspecified atom stereocenters. The third-order valence-electron chi connectivity index (χ3n) is 3.94. The zero-order valence-corrected chi connectivity index (χ0v) is 11.9. The number of carboxylic acids is 1. The summed E-state index contributed by atoms with van der Waals surface area (Å²) in [6.07, 6.45) is 6.13. The Morgan fingerprint density at radius 3 is 2.65 bits per heavy atom. The van der Waals surface area contributed by atoms with Gasteiger partial charge in [0.15, 0.2) is 0 Å². The number of benzene rings is 1. The van der Waals surface area contributed by atoms with Crippen molar-refractivity contribution < 1.29 is 9.90 Å². The largest absolute Gasteiger partial charge is 0.478 e. The zero-order chi connectivity index (χ0) is 14.1. The van der Waals surface area contributed by atoms with E-state index in [0.29, 0.717) is 21.5 Å². The second-order valence-electron chi connectivity index (χ2n) is 5.29. The van der Waals surface area contributed by atoms with Crippen molar-refractivity contribution >= 4 is 28.5 Å². The monoisotopic (exact) mass is 289 g/mol. The van der Waals surface area contributed by atoms with Crippen LogP contribution in [-0.4, -0.2) is 16.1 Å². The van der Waals surface area contributed by atoms with Gasteiger partial charge in [-0.1, -0.05) is 30.5 Å². The molecule has 0 aliphatic heterocycles. The lowest BCUT2D eigenvalue weighted by atomic mass is 9.91. The van der Waals surface area contributed by atoms with E-state index in [1.54, 1.807) is 18.2 Å². The normalized spacial score (nSPS) is 15.4. The molecule has 1 heterocycles. The number of aromatic nitrogens is 1. The number of nitrogens with zero attached hydrogens (tertiary/aromatic N) is 1. The maximum Gasteiger partial charge on any atom is 0.336 e. The Morgan fingerprint density at radius 2 is 1.90 bits per heavy atom. The summed E-state index contributed by atoms with van der Waals surface area (Å²) in [6, 6.07) is 5.25. The lowest BCUT2D eigenvalue weighted by Crippen LogP contribution is -2.11. The van der Waals surface area contributed by atoms with E-state index in [-0.39, 0.29) is 0 Å². The Hall–Kier alpha value is -1.61. The summed E-state index contributed by atoms with van der Waals surface area (Å²) in [5, 5.41) is 10.9. The summed E-state index contributed by atoms with van der Waals surface area (Å²) < 4.78 is 0. The molecule has 0 amide bonds. The molecule has 0 saturated heterocycles. The van der Waals surface area contributed by atoms with Crippen LogP contribution in [-0.2, 0) is 12.8 Å². The first-order valence-corrected chi connectivity index (χ1v) is 7.39. The molecule has 0 fully saturated rings. The van der Waals surface area contributed by atoms with Gasteiger partial charge in [-0.05, 0) is 43.4 Å². The number of rotatable bonds is 1. The van der Waals surface area contributed by atoms with Crippen LogP contribution in [0.2, 0.25) is 5.02 Å². The van der Waals surface area contributed by atoms with Gasteiger partial charge in [0.2, 0.25) is 0 Å². The Bertz CT molecular complexity index is 682. The van der Waals surface area contributed by atoms with E-state index in [9.17, 15) is 9.90 Å². The molecule has 1 N–H and O–H groups in total. The van der Waals surface area contributed by atoms with Gasteiger partial charge in [-0.15, -0.1) is 0 Å². The van der Waals surface area contributed by atoms with Crippen LogP contribution in [0.3, 0.4) is 0 Å². The van der Waals surface area contributed by atoms with E-state index in [4.69, 9.17) is 11.6 Å². The molecule has 104 valence electrons. The van der Waals surface area contributed by atoms with Gasteiger partial charge in [-0.3, -0.25) is 4.98 Å². The first kappa shape index (κ1) is 13.4. The van der Waals surface area contributed by atoms with E-state index in [1.165, 1.54) is 6.42 Å². The molecule has 0 atom stereocenters. The first-order valence-electron chi connectivity index (χ1n) is 7.01. The maximum absolute atomic E-state index is 11.7. The molecule has 1 aliphatic carbocycles. The fourth-order valence-electron chi connectivity index (χ4n) is 3.00. The minimum atomic E-state index is -0.864. The predicted molar refractivity (Wildman–Crippen MR) is 79.6 cm³/mol. The quantitative estimate of drug-likeness (QED) is 0.854. The predicted octanol–water partition coefficient (Wildman–Crippen LogP) is 4.25. The van der Waals surface area contributed by atoms with E-state index in [0.717, 1.165) is 43.4 Å². The SMILES string of the molecule is O=C(O)c1c2c(nc3cc(Cl)ccc13)CCCCCC2. The van der Waals surface area contributed by atoms with Gasteiger partial charge in [0.1, 0.15) is 0 Å². The van der Waals surface area contributed by atoms with Gasteiger partial charge in [0.05, 0.1) is 11.1 Å². The topological polar surface area (TPSA) is 50.2 Å². The summed E-state index contributed by atoms with van der Waals surface area (Å²) in [5.74, 6) is -0.864. The Balaban J connectivity index is 2.31. The molecule has 2 aromatic rings. The van der Waals surface area contributed by atoms with Gasteiger partial charge < -0.3 is 5.11 Å². The van der Waals surface area contributed by atoms with Crippen molar-refractivity contribution in [2.24, 2.45) is 0 Å². The van der Waals surface area contributed by atoms with E-state index >= 15 is 0 Å². The van der Waals surface area contributed by atoms with Crippen LogP contribution in [0, 0.1) is 0 Å².